The lowest BCUT2D eigenvalue weighted by atomic mass is 10.1. The zero-order chi connectivity index (χ0) is 40.7. The summed E-state index contributed by atoms with van der Waals surface area (Å²) in [4.78, 5) is 0. The van der Waals surface area contributed by atoms with Gasteiger partial charge in [-0.2, -0.15) is 0 Å². The van der Waals surface area contributed by atoms with E-state index in [0.29, 0.717) is 0 Å². The maximum atomic E-state index is 2.43. The predicted molar refractivity (Wildman–Crippen MR) is 260 cm³/mol. The lowest BCUT2D eigenvalue weighted by Crippen LogP contribution is -1.99. The largest absolute Gasteiger partial charge is 0.309 e. The Morgan fingerprint density at radius 2 is 0.484 bits per heavy atom. The molecule has 4 aromatic heterocycles. The molecule has 0 unspecified atom stereocenters. The molecule has 0 fully saturated rings. The van der Waals surface area contributed by atoms with Gasteiger partial charge in [0.15, 0.2) is 0 Å². The van der Waals surface area contributed by atoms with Gasteiger partial charge in [-0.1, -0.05) is 133 Å². The molecule has 4 heteroatoms. The number of rotatable bonds is 6. The first-order valence-corrected chi connectivity index (χ1v) is 21.3. The summed E-state index contributed by atoms with van der Waals surface area (Å²) in [5, 5.41) is 7.42. The van der Waals surface area contributed by atoms with Gasteiger partial charge in [0.05, 0.1) is 44.5 Å². The van der Waals surface area contributed by atoms with Crippen LogP contribution >= 0.6 is 0 Å². The molecule has 0 saturated carbocycles. The number of nitrogens with zero attached hydrogens (tertiary/aromatic N) is 4. The predicted octanol–water partition coefficient (Wildman–Crippen LogP) is 15.1. The quantitative estimate of drug-likeness (QED) is 0.160. The molecule has 13 aromatic rings. The summed E-state index contributed by atoms with van der Waals surface area (Å²) in [6.07, 6.45) is 0. The normalized spacial score (nSPS) is 11.9. The molecule has 0 aliphatic heterocycles. The fourth-order valence-corrected chi connectivity index (χ4v) is 10.0. The minimum Gasteiger partial charge on any atom is -0.309 e. The van der Waals surface area contributed by atoms with Crippen molar-refractivity contribution in [2.75, 3.05) is 0 Å². The molecule has 13 rings (SSSR count). The smallest absolute Gasteiger partial charge is 0.0542 e. The minimum absolute atomic E-state index is 1.12. The van der Waals surface area contributed by atoms with Gasteiger partial charge in [-0.3, -0.25) is 0 Å². The number of para-hydroxylation sites is 4. The Morgan fingerprint density at radius 3 is 0.806 bits per heavy atom. The van der Waals surface area contributed by atoms with Gasteiger partial charge in [-0.15, -0.1) is 0 Å². The second-order valence-corrected chi connectivity index (χ2v) is 16.2. The third-order valence-electron chi connectivity index (χ3n) is 12.8. The van der Waals surface area contributed by atoms with E-state index in [1.54, 1.807) is 0 Å². The monoisotopic (exact) mass is 790 g/mol. The summed E-state index contributed by atoms with van der Waals surface area (Å²) in [5.74, 6) is 0. The molecule has 4 nitrogen and oxygen atoms in total. The van der Waals surface area contributed by atoms with E-state index >= 15 is 0 Å². The average Bonchev–Trinajstić information content (AvgIpc) is 4.09. The van der Waals surface area contributed by atoms with Crippen molar-refractivity contribution in [3.63, 3.8) is 0 Å². The van der Waals surface area contributed by atoms with E-state index in [1.165, 1.54) is 76.5 Å². The molecule has 0 spiro atoms. The van der Waals surface area contributed by atoms with Crippen molar-refractivity contribution in [3.05, 3.63) is 231 Å². The number of benzene rings is 9. The highest BCUT2D eigenvalue weighted by Crippen LogP contribution is 2.40. The Hall–Kier alpha value is -8.34. The molecule has 0 amide bonds. The summed E-state index contributed by atoms with van der Waals surface area (Å²) in [6, 6.07) is 83.9. The second kappa shape index (κ2) is 13.6. The summed E-state index contributed by atoms with van der Waals surface area (Å²) in [6.45, 7) is 0. The van der Waals surface area contributed by atoms with Crippen LogP contribution in [0.5, 0.6) is 0 Å². The molecule has 9 aromatic carbocycles. The standard InChI is InChI=1S/C58H38N4/c1-3-15-39(16-4-1)55-35-41-37-58-42(38-57(41)61(55)45-31-27-43(28-32-45)59-51-23-11-7-19-47(51)48-20-8-12-24-52(48)59)36-56(40-17-5-2-6-18-40)62(58)46-33-29-44(30-34-46)60-53-25-13-9-21-49(53)50-22-10-14-26-54(50)60/h1-38H. The van der Waals surface area contributed by atoms with Gasteiger partial charge >= 0.3 is 0 Å². The van der Waals surface area contributed by atoms with Gasteiger partial charge in [-0.05, 0) is 108 Å². The first-order chi connectivity index (χ1) is 30.8. The molecule has 0 atom stereocenters. The first-order valence-electron chi connectivity index (χ1n) is 21.3. The Labute approximate surface area is 358 Å². The van der Waals surface area contributed by atoms with Crippen molar-refractivity contribution in [2.45, 2.75) is 0 Å². The lowest BCUT2D eigenvalue weighted by molar-refractivity contribution is 1.11. The third kappa shape index (κ3) is 5.20. The molecule has 0 bridgehead atoms. The van der Waals surface area contributed by atoms with Crippen LogP contribution in [0.25, 0.3) is 111 Å². The zero-order valence-corrected chi connectivity index (χ0v) is 33.7. The second-order valence-electron chi connectivity index (χ2n) is 16.2. The van der Waals surface area contributed by atoms with Crippen molar-refractivity contribution in [2.24, 2.45) is 0 Å². The number of aromatic nitrogens is 4. The van der Waals surface area contributed by atoms with Gasteiger partial charge < -0.3 is 18.3 Å². The maximum absolute atomic E-state index is 2.43. The Kier molecular flexibility index (Phi) is 7.57. The summed E-state index contributed by atoms with van der Waals surface area (Å²) >= 11 is 0. The van der Waals surface area contributed by atoms with E-state index in [1.807, 2.05) is 0 Å². The summed E-state index contributed by atoms with van der Waals surface area (Å²) in [7, 11) is 0. The van der Waals surface area contributed by atoms with Gasteiger partial charge in [0.1, 0.15) is 0 Å². The number of fused-ring (bicyclic) bond motifs is 8. The van der Waals surface area contributed by atoms with Crippen molar-refractivity contribution in [1.82, 2.24) is 18.3 Å². The van der Waals surface area contributed by atoms with E-state index in [0.717, 1.165) is 34.1 Å². The van der Waals surface area contributed by atoms with Gasteiger partial charge in [-0.25, -0.2) is 0 Å². The molecular weight excluding hydrogens is 753 g/mol. The maximum Gasteiger partial charge on any atom is 0.0542 e. The molecule has 0 saturated heterocycles. The van der Waals surface area contributed by atoms with Crippen LogP contribution in [-0.2, 0) is 0 Å². The SMILES string of the molecule is c1ccc(-c2cc3cc4c(cc(-c5ccccc5)n4-c4ccc(-n5c6ccccc6c6ccccc65)cc4)cc3n2-c2ccc(-n3c4ccccc4c4ccccc43)cc2)cc1. The fourth-order valence-electron chi connectivity index (χ4n) is 10.0. The Bertz CT molecular complexity index is 3460. The summed E-state index contributed by atoms with van der Waals surface area (Å²) < 4.78 is 9.62. The number of hydrogen-bond donors (Lipinski definition) is 0. The highest BCUT2D eigenvalue weighted by atomic mass is 15.0. The van der Waals surface area contributed by atoms with E-state index in [-0.39, 0.29) is 0 Å². The van der Waals surface area contributed by atoms with Crippen LogP contribution in [0, 0.1) is 0 Å². The van der Waals surface area contributed by atoms with Crippen LogP contribution < -0.4 is 0 Å². The van der Waals surface area contributed by atoms with Crippen molar-refractivity contribution >= 4 is 65.4 Å². The van der Waals surface area contributed by atoms with Gasteiger partial charge in [0.25, 0.3) is 0 Å². The van der Waals surface area contributed by atoms with E-state index < -0.39 is 0 Å². The van der Waals surface area contributed by atoms with Crippen molar-refractivity contribution in [3.8, 4) is 45.3 Å². The lowest BCUT2D eigenvalue weighted by Gasteiger charge is -2.14. The van der Waals surface area contributed by atoms with E-state index in [4.69, 9.17) is 0 Å². The molecular formula is C58H38N4. The van der Waals surface area contributed by atoms with Gasteiger partial charge in [0.2, 0.25) is 0 Å². The molecule has 0 aliphatic carbocycles. The minimum atomic E-state index is 1.12. The molecule has 0 aliphatic rings. The van der Waals surface area contributed by atoms with Crippen molar-refractivity contribution in [1.29, 1.82) is 0 Å². The molecule has 0 radical (unpaired) electrons. The first kappa shape index (κ1) is 34.5. The van der Waals surface area contributed by atoms with Crippen LogP contribution in [0.3, 0.4) is 0 Å². The van der Waals surface area contributed by atoms with Crippen LogP contribution in [0.2, 0.25) is 0 Å². The molecule has 290 valence electrons. The van der Waals surface area contributed by atoms with Crippen molar-refractivity contribution < 1.29 is 0 Å². The van der Waals surface area contributed by atoms with Gasteiger partial charge in [0, 0.05) is 55.1 Å². The van der Waals surface area contributed by atoms with E-state index in [2.05, 4.69) is 249 Å². The average molecular weight is 791 g/mol. The van der Waals surface area contributed by atoms with Crippen LogP contribution in [0.4, 0.5) is 0 Å². The van der Waals surface area contributed by atoms with Crippen LogP contribution in [0.1, 0.15) is 0 Å². The molecule has 4 heterocycles. The van der Waals surface area contributed by atoms with Crippen LogP contribution in [0.15, 0.2) is 231 Å². The Balaban J connectivity index is 0.989. The van der Waals surface area contributed by atoms with Crippen LogP contribution in [-0.4, -0.2) is 18.3 Å². The third-order valence-corrected chi connectivity index (χ3v) is 12.8. The highest BCUT2D eigenvalue weighted by molar-refractivity contribution is 6.10. The fraction of sp³-hybridized carbons (Fsp3) is 0. The molecule has 0 N–H and O–H groups in total. The topological polar surface area (TPSA) is 19.7 Å². The zero-order valence-electron chi connectivity index (χ0n) is 33.7. The highest BCUT2D eigenvalue weighted by Gasteiger charge is 2.20. The Morgan fingerprint density at radius 1 is 0.210 bits per heavy atom. The summed E-state index contributed by atoms with van der Waals surface area (Å²) in [5.41, 5.74) is 16.3. The number of hydrogen-bond acceptors (Lipinski definition) is 0. The molecule has 62 heavy (non-hydrogen) atoms. The van der Waals surface area contributed by atoms with E-state index in [9.17, 15) is 0 Å².